The average molecular weight is 374 g/mol. The molecule has 0 saturated heterocycles. The molecule has 4 heterocycles. The molecule has 6 rings (SSSR count). The first-order valence-corrected chi connectivity index (χ1v) is 9.33. The van der Waals surface area contributed by atoms with E-state index in [2.05, 4.69) is 25.9 Å². The number of hydrogen-bond donors (Lipinski definition) is 0. The molecule has 0 unspecified atom stereocenters. The van der Waals surface area contributed by atoms with Crippen LogP contribution in [-0.2, 0) is 13.5 Å². The van der Waals surface area contributed by atoms with Crippen molar-refractivity contribution in [3.8, 4) is 34.3 Å². The lowest BCUT2D eigenvalue weighted by atomic mass is 10.0. The van der Waals surface area contributed by atoms with Crippen molar-refractivity contribution in [2.75, 3.05) is 7.11 Å². The number of imidazole rings is 1. The molecule has 140 valence electrons. The third-order valence-corrected chi connectivity index (χ3v) is 5.43. The van der Waals surface area contributed by atoms with Gasteiger partial charge in [-0.25, -0.2) is 4.98 Å². The van der Waals surface area contributed by atoms with E-state index in [-0.39, 0.29) is 0 Å². The molecule has 8 heteroatoms. The Morgan fingerprint density at radius 1 is 1.21 bits per heavy atom. The number of nitrogens with zero attached hydrogens (tertiary/aromatic N) is 6. The second-order valence-electron chi connectivity index (χ2n) is 7.38. The Hall–Kier alpha value is -3.42. The van der Waals surface area contributed by atoms with Gasteiger partial charge in [0, 0.05) is 36.7 Å². The van der Waals surface area contributed by atoms with E-state index in [0.717, 1.165) is 58.3 Å². The van der Waals surface area contributed by atoms with E-state index in [0.29, 0.717) is 18.2 Å². The number of aryl methyl sites for hydroxylation is 1. The largest absolute Gasteiger partial charge is 0.497 e. The van der Waals surface area contributed by atoms with Crippen molar-refractivity contribution in [3.05, 3.63) is 47.8 Å². The van der Waals surface area contributed by atoms with Crippen molar-refractivity contribution < 1.29 is 9.26 Å². The zero-order valence-electron chi connectivity index (χ0n) is 15.6. The highest BCUT2D eigenvalue weighted by Crippen LogP contribution is 2.41. The summed E-state index contributed by atoms with van der Waals surface area (Å²) in [5, 5.41) is 8.86. The maximum Gasteiger partial charge on any atom is 0.278 e. The van der Waals surface area contributed by atoms with Crippen molar-refractivity contribution in [1.29, 1.82) is 0 Å². The number of ether oxygens (including phenoxy) is 1. The molecule has 0 atom stereocenters. The fourth-order valence-electron chi connectivity index (χ4n) is 3.88. The fourth-order valence-corrected chi connectivity index (χ4v) is 3.88. The van der Waals surface area contributed by atoms with Crippen molar-refractivity contribution in [2.24, 2.45) is 7.05 Å². The third kappa shape index (κ3) is 2.24. The summed E-state index contributed by atoms with van der Waals surface area (Å²) < 4.78 is 14.9. The Morgan fingerprint density at radius 2 is 2.11 bits per heavy atom. The summed E-state index contributed by atoms with van der Waals surface area (Å²) in [7, 11) is 3.61. The van der Waals surface area contributed by atoms with Gasteiger partial charge in [-0.05, 0) is 31.0 Å². The molecule has 1 saturated carbocycles. The van der Waals surface area contributed by atoms with E-state index in [9.17, 15) is 0 Å². The van der Waals surface area contributed by atoms with E-state index in [1.165, 1.54) is 0 Å². The molecule has 4 aromatic rings. The summed E-state index contributed by atoms with van der Waals surface area (Å²) in [5.74, 6) is 2.51. The van der Waals surface area contributed by atoms with Crippen LogP contribution < -0.4 is 4.74 Å². The first kappa shape index (κ1) is 15.6. The fraction of sp³-hybridized carbons (Fsp3) is 0.300. The summed E-state index contributed by atoms with van der Waals surface area (Å²) in [6.07, 6.45) is 6.82. The van der Waals surface area contributed by atoms with Gasteiger partial charge in [0.25, 0.3) is 5.89 Å². The Kier molecular flexibility index (Phi) is 3.09. The molecular formula is C20H18N6O2. The van der Waals surface area contributed by atoms with Gasteiger partial charge in [0.15, 0.2) is 11.5 Å². The third-order valence-electron chi connectivity index (χ3n) is 5.43. The highest BCUT2D eigenvalue weighted by Gasteiger charge is 2.31. The average Bonchev–Trinajstić information content (AvgIpc) is 3.16. The molecule has 8 nitrogen and oxygen atoms in total. The molecule has 0 bridgehead atoms. The molecular weight excluding hydrogens is 356 g/mol. The van der Waals surface area contributed by atoms with Crippen LogP contribution in [0.1, 0.15) is 35.8 Å². The molecule has 28 heavy (non-hydrogen) atoms. The summed E-state index contributed by atoms with van der Waals surface area (Å²) >= 11 is 0. The van der Waals surface area contributed by atoms with Gasteiger partial charge in [0.2, 0.25) is 0 Å². The second kappa shape index (κ2) is 5.54. The van der Waals surface area contributed by atoms with Crippen molar-refractivity contribution >= 4 is 0 Å². The lowest BCUT2D eigenvalue weighted by molar-refractivity contribution is 0.415. The molecule has 1 aromatic carbocycles. The van der Waals surface area contributed by atoms with E-state index in [4.69, 9.17) is 14.4 Å². The number of rotatable bonds is 3. The quantitative estimate of drug-likeness (QED) is 0.482. The van der Waals surface area contributed by atoms with Gasteiger partial charge < -0.3 is 13.8 Å². The number of fused-ring (bicyclic) bond motifs is 5. The second-order valence-corrected chi connectivity index (χ2v) is 7.38. The normalized spacial score (nSPS) is 14.9. The van der Waals surface area contributed by atoms with Crippen LogP contribution in [0.3, 0.4) is 0 Å². The Labute approximate surface area is 160 Å². The minimum atomic E-state index is 0.442. The van der Waals surface area contributed by atoms with Gasteiger partial charge >= 0.3 is 0 Å². The Bertz CT molecular complexity index is 1210. The van der Waals surface area contributed by atoms with Crippen LogP contribution in [0.25, 0.3) is 28.5 Å². The minimum Gasteiger partial charge on any atom is -0.497 e. The molecule has 1 aliphatic heterocycles. The molecule has 0 amide bonds. The van der Waals surface area contributed by atoms with Gasteiger partial charge in [-0.3, -0.25) is 4.68 Å². The van der Waals surface area contributed by atoms with Crippen LogP contribution >= 0.6 is 0 Å². The maximum atomic E-state index is 5.56. The Morgan fingerprint density at radius 3 is 2.93 bits per heavy atom. The van der Waals surface area contributed by atoms with E-state index >= 15 is 0 Å². The summed E-state index contributed by atoms with van der Waals surface area (Å²) in [5.41, 5.74) is 5.85. The van der Waals surface area contributed by atoms with Gasteiger partial charge in [0.05, 0.1) is 24.2 Å². The van der Waals surface area contributed by atoms with Crippen molar-refractivity contribution in [2.45, 2.75) is 25.2 Å². The van der Waals surface area contributed by atoms with Crippen LogP contribution in [0.4, 0.5) is 0 Å². The van der Waals surface area contributed by atoms with Gasteiger partial charge in [-0.2, -0.15) is 10.1 Å². The van der Waals surface area contributed by atoms with E-state index in [1.54, 1.807) is 7.11 Å². The zero-order valence-corrected chi connectivity index (χ0v) is 15.6. The molecule has 0 N–H and O–H groups in total. The van der Waals surface area contributed by atoms with Crippen LogP contribution in [0.5, 0.6) is 5.75 Å². The maximum absolute atomic E-state index is 5.56. The molecule has 1 fully saturated rings. The molecule has 0 radical (unpaired) electrons. The summed E-state index contributed by atoms with van der Waals surface area (Å²) in [4.78, 5) is 9.24. The lowest BCUT2D eigenvalue weighted by Gasteiger charge is -2.11. The molecule has 3 aromatic heterocycles. The standard InChI is InChI=1S/C20H18N6O2/c1-25-9-12-7-16-18(20-22-19(24-28-20)11-3-4-11)21-10-26(16)15-6-5-13(27-2)8-14(15)17(12)23-25/h5-6,8-11H,3-4,7H2,1-2H3. The van der Waals surface area contributed by atoms with E-state index < -0.39 is 0 Å². The predicted molar refractivity (Wildman–Crippen MR) is 100 cm³/mol. The van der Waals surface area contributed by atoms with Crippen LogP contribution in [0, 0.1) is 0 Å². The van der Waals surface area contributed by atoms with Gasteiger partial charge in [-0.15, -0.1) is 0 Å². The monoisotopic (exact) mass is 374 g/mol. The topological polar surface area (TPSA) is 83.8 Å². The van der Waals surface area contributed by atoms with Crippen LogP contribution in [0.15, 0.2) is 35.2 Å². The molecule has 1 aliphatic carbocycles. The number of benzene rings is 1. The highest BCUT2D eigenvalue weighted by molar-refractivity contribution is 5.77. The van der Waals surface area contributed by atoms with Gasteiger partial charge in [0.1, 0.15) is 12.1 Å². The first-order chi connectivity index (χ1) is 13.7. The summed E-state index contributed by atoms with van der Waals surface area (Å²) in [6, 6.07) is 6.01. The molecule has 2 aliphatic rings. The first-order valence-electron chi connectivity index (χ1n) is 9.33. The zero-order chi connectivity index (χ0) is 18.8. The van der Waals surface area contributed by atoms with Crippen molar-refractivity contribution in [3.63, 3.8) is 0 Å². The van der Waals surface area contributed by atoms with Crippen LogP contribution in [-0.4, -0.2) is 36.6 Å². The number of aromatic nitrogens is 6. The smallest absolute Gasteiger partial charge is 0.278 e. The minimum absolute atomic E-state index is 0.442. The Balaban J connectivity index is 1.57. The van der Waals surface area contributed by atoms with Crippen molar-refractivity contribution in [1.82, 2.24) is 29.5 Å². The highest BCUT2D eigenvalue weighted by atomic mass is 16.5. The number of methoxy groups -OCH3 is 1. The predicted octanol–water partition coefficient (Wildman–Crippen LogP) is 3.11. The van der Waals surface area contributed by atoms with Gasteiger partial charge in [-0.1, -0.05) is 5.16 Å². The molecule has 0 spiro atoms. The lowest BCUT2D eigenvalue weighted by Crippen LogP contribution is -2.00. The van der Waals surface area contributed by atoms with E-state index in [1.807, 2.05) is 36.3 Å². The van der Waals surface area contributed by atoms with Crippen LogP contribution in [0.2, 0.25) is 0 Å². The SMILES string of the molecule is COc1ccc2c(c1)-c1nn(C)cc1Cc1c(-c3nc(C4CC4)no3)ncn1-2. The number of hydrogen-bond acceptors (Lipinski definition) is 6. The summed E-state index contributed by atoms with van der Waals surface area (Å²) in [6.45, 7) is 0.